The van der Waals surface area contributed by atoms with Crippen LogP contribution < -0.4 is 0 Å². The number of phosphoric acid groups is 2. The number of rotatable bonds is 0. The van der Waals surface area contributed by atoms with Crippen LogP contribution >= 0.6 is 15.6 Å². The zero-order valence-electron chi connectivity index (χ0n) is 6.93. The average Bonchev–Trinajstić information content (AvgIpc) is 2.03. The fraction of sp³-hybridized carbons (Fsp3) is 1.00. The van der Waals surface area contributed by atoms with Gasteiger partial charge in [-0.05, 0) is 17.4 Å². The molecule has 0 aromatic carbocycles. The van der Waals surface area contributed by atoms with Crippen molar-refractivity contribution in [3.63, 3.8) is 0 Å². The van der Waals surface area contributed by atoms with E-state index in [1.165, 1.54) is 0 Å². The normalized spacial score (nSPS) is 61.4. The van der Waals surface area contributed by atoms with E-state index >= 15 is 0 Å². The minimum atomic E-state index is -3.78. The lowest BCUT2D eigenvalue weighted by atomic mass is 10.4. The van der Waals surface area contributed by atoms with Crippen molar-refractivity contribution in [1.82, 2.24) is 10.5 Å². The molecule has 0 N–H and O–H groups in total. The second-order valence-corrected chi connectivity index (χ2v) is 6.05. The molecule has 6 heterocycles. The average molecular weight is 244 g/mol. The Labute approximate surface area is 78.5 Å². The summed E-state index contributed by atoms with van der Waals surface area (Å²) in [6.45, 7) is 1.94. The Bertz CT molecular complexity index is 352. The molecule has 0 saturated carbocycles. The van der Waals surface area contributed by atoms with Crippen LogP contribution in [0.2, 0.25) is 0 Å². The first-order chi connectivity index (χ1) is 6.48. The Hall–Kier alpha value is 0.180. The monoisotopic (exact) mass is 244 g/mol. The van der Waals surface area contributed by atoms with Gasteiger partial charge in [-0.2, -0.15) is 22.8 Å². The van der Waals surface area contributed by atoms with Gasteiger partial charge in [0.1, 0.15) is 0 Å². The smallest absolute Gasteiger partial charge is 0.224 e. The highest BCUT2D eigenvalue weighted by atomic mass is 31.3. The van der Waals surface area contributed by atoms with Crippen molar-refractivity contribution in [1.29, 1.82) is 0 Å². The third-order valence-corrected chi connectivity index (χ3v) is 4.80. The van der Waals surface area contributed by atoms with E-state index in [1.807, 2.05) is 0 Å². The fourth-order valence-electron chi connectivity index (χ4n) is 1.12. The van der Waals surface area contributed by atoms with E-state index in [4.69, 9.17) is 9.25 Å². The van der Waals surface area contributed by atoms with Crippen molar-refractivity contribution < 1.29 is 31.9 Å². The molecule has 0 aromatic rings. The highest BCUT2D eigenvalue weighted by Gasteiger charge is 2.60. The zero-order valence-corrected chi connectivity index (χ0v) is 8.72. The van der Waals surface area contributed by atoms with Crippen LogP contribution in [-0.2, 0) is 31.9 Å². The van der Waals surface area contributed by atoms with Crippen LogP contribution in [0.1, 0.15) is 6.92 Å². The molecule has 4 bridgehead atoms. The van der Waals surface area contributed by atoms with Crippen molar-refractivity contribution in [2.75, 3.05) is 6.54 Å². The first-order valence-electron chi connectivity index (χ1n) is 3.75. The number of hydrogen-bond donors (Lipinski definition) is 0. The molecule has 0 radical (unpaired) electrons. The van der Waals surface area contributed by atoms with Gasteiger partial charge in [0, 0.05) is 0 Å². The van der Waals surface area contributed by atoms with Crippen LogP contribution in [-0.4, -0.2) is 23.0 Å². The fourth-order valence-corrected chi connectivity index (χ4v) is 3.90. The lowest BCUT2D eigenvalue weighted by Crippen LogP contribution is -2.45. The van der Waals surface area contributed by atoms with Gasteiger partial charge in [-0.1, -0.05) is 0 Å². The molecular formula is C3H6N2O7P2. The van der Waals surface area contributed by atoms with E-state index in [0.29, 0.717) is 0 Å². The predicted molar refractivity (Wildman–Crippen MR) is 38.6 cm³/mol. The zero-order chi connectivity index (χ0) is 9.97. The van der Waals surface area contributed by atoms with E-state index in [9.17, 15) is 9.13 Å². The molecule has 11 heteroatoms. The summed E-state index contributed by atoms with van der Waals surface area (Å²) in [6, 6.07) is -0.285. The maximum absolute atomic E-state index is 11.4. The van der Waals surface area contributed by atoms with Crippen LogP contribution in [0, 0.1) is 0 Å². The van der Waals surface area contributed by atoms with E-state index in [1.54, 1.807) is 6.92 Å². The van der Waals surface area contributed by atoms with Gasteiger partial charge >= 0.3 is 15.6 Å². The van der Waals surface area contributed by atoms with Gasteiger partial charge in [0.05, 0.1) is 12.6 Å². The molecule has 0 aromatic heterocycles. The Balaban J connectivity index is 1.88. The molecule has 1 unspecified atom stereocenters. The lowest BCUT2D eigenvalue weighted by Gasteiger charge is -2.35. The molecule has 6 saturated heterocycles. The summed E-state index contributed by atoms with van der Waals surface area (Å²) >= 11 is 0. The first-order valence-corrected chi connectivity index (χ1v) is 6.67. The van der Waals surface area contributed by atoms with E-state index in [2.05, 4.69) is 13.6 Å². The third-order valence-electron chi connectivity index (χ3n) is 1.72. The summed E-state index contributed by atoms with van der Waals surface area (Å²) < 4.78 is 45.9. The lowest BCUT2D eigenvalue weighted by molar-refractivity contribution is -0.381. The van der Waals surface area contributed by atoms with Gasteiger partial charge in [0.25, 0.3) is 0 Å². The van der Waals surface area contributed by atoms with Crippen LogP contribution in [0.3, 0.4) is 0 Å². The Kier molecular flexibility index (Phi) is 1.78. The van der Waals surface area contributed by atoms with Crippen LogP contribution in [0.4, 0.5) is 0 Å². The summed E-state index contributed by atoms with van der Waals surface area (Å²) in [5, 5.41) is 1.95. The number of nitrogens with zero attached hydrogens (tertiary/aromatic N) is 2. The van der Waals surface area contributed by atoms with Crippen LogP contribution in [0.15, 0.2) is 0 Å². The second-order valence-electron chi connectivity index (χ2n) is 2.95. The quantitative estimate of drug-likeness (QED) is 0.578. The highest BCUT2D eigenvalue weighted by molar-refractivity contribution is 7.62. The molecule has 1 atom stereocenters. The van der Waals surface area contributed by atoms with E-state index in [0.717, 1.165) is 10.5 Å². The molecule has 0 spiro atoms. The minimum Gasteiger partial charge on any atom is -0.224 e. The van der Waals surface area contributed by atoms with Crippen molar-refractivity contribution in [2.24, 2.45) is 0 Å². The molecule has 6 fully saturated rings. The molecule has 0 aliphatic carbocycles. The summed E-state index contributed by atoms with van der Waals surface area (Å²) in [7, 11) is -7.54. The number of hydroxylamine groups is 4. The predicted octanol–water partition coefficient (Wildman–Crippen LogP) is 0.979. The van der Waals surface area contributed by atoms with Crippen molar-refractivity contribution in [2.45, 2.75) is 13.0 Å². The van der Waals surface area contributed by atoms with Crippen LogP contribution in [0.25, 0.3) is 0 Å². The van der Waals surface area contributed by atoms with E-state index < -0.39 is 15.6 Å². The minimum absolute atomic E-state index is 0.230. The summed E-state index contributed by atoms with van der Waals surface area (Å²) in [4.78, 5) is 0. The first kappa shape index (κ1) is 9.41. The van der Waals surface area contributed by atoms with E-state index in [-0.39, 0.29) is 12.6 Å². The molecule has 6 aliphatic heterocycles. The molecule has 6 rings (SSSR count). The molecule has 9 nitrogen and oxygen atoms in total. The largest absolute Gasteiger partial charge is 0.521 e. The number of hydrogen-bond acceptors (Lipinski definition) is 9. The second kappa shape index (κ2) is 2.65. The molecule has 6 aliphatic rings. The standard InChI is InChI=1S/C3H6N2O7P2/c1-3-2-4-8-13(6,9-4)12-14(7)10-5(3)11-14/h3H,2H2,1H3. The van der Waals surface area contributed by atoms with Gasteiger partial charge in [-0.15, -0.1) is 0 Å². The third kappa shape index (κ3) is 1.30. The van der Waals surface area contributed by atoms with Crippen molar-refractivity contribution in [3.05, 3.63) is 0 Å². The molecule has 0 amide bonds. The highest BCUT2D eigenvalue weighted by Crippen LogP contribution is 2.75. The van der Waals surface area contributed by atoms with Gasteiger partial charge in [-0.3, -0.25) is 0 Å². The summed E-state index contributed by atoms with van der Waals surface area (Å²) in [5.74, 6) is 0. The maximum Gasteiger partial charge on any atom is 0.521 e. The van der Waals surface area contributed by atoms with Crippen molar-refractivity contribution in [3.8, 4) is 0 Å². The Morgan fingerprint density at radius 1 is 1.14 bits per heavy atom. The Morgan fingerprint density at radius 2 is 1.71 bits per heavy atom. The van der Waals surface area contributed by atoms with Crippen molar-refractivity contribution >= 4 is 15.6 Å². The Morgan fingerprint density at radius 3 is 2.36 bits per heavy atom. The summed E-state index contributed by atoms with van der Waals surface area (Å²) in [5.41, 5.74) is 0. The maximum atomic E-state index is 11.4. The molecule has 14 heavy (non-hydrogen) atoms. The van der Waals surface area contributed by atoms with Gasteiger partial charge in [-0.25, -0.2) is 9.13 Å². The topological polar surface area (TPSA) is 86.8 Å². The SMILES string of the molecule is CC1CN2OP(=O)(O2)OP2(=O)ON1O2. The van der Waals surface area contributed by atoms with Gasteiger partial charge in [0.15, 0.2) is 0 Å². The van der Waals surface area contributed by atoms with Gasteiger partial charge < -0.3 is 0 Å². The van der Waals surface area contributed by atoms with Crippen LogP contribution in [0.5, 0.6) is 0 Å². The summed E-state index contributed by atoms with van der Waals surface area (Å²) in [6.07, 6.45) is 0. The molecule has 80 valence electrons. The molecular weight excluding hydrogens is 238 g/mol. The van der Waals surface area contributed by atoms with Gasteiger partial charge in [0.2, 0.25) is 0 Å².